The first-order valence-corrected chi connectivity index (χ1v) is 6.58. The highest BCUT2D eigenvalue weighted by molar-refractivity contribution is 5.76. The quantitative estimate of drug-likeness (QED) is 0.717. The van der Waals surface area contributed by atoms with E-state index in [2.05, 4.69) is 26.1 Å². The summed E-state index contributed by atoms with van der Waals surface area (Å²) in [5.41, 5.74) is -0.200. The summed E-state index contributed by atoms with van der Waals surface area (Å²) in [5, 5.41) is 3.44. The van der Waals surface area contributed by atoms with Crippen molar-refractivity contribution in [3.8, 4) is 0 Å². The maximum absolute atomic E-state index is 12.0. The number of nitrogens with one attached hydrogen (secondary N) is 1. The minimum Gasteiger partial charge on any atom is -0.459 e. The molecule has 1 aliphatic rings. The zero-order chi connectivity index (χ0) is 13.3. The molecule has 0 amide bonds. The molecule has 1 aliphatic heterocycles. The molecule has 0 saturated carbocycles. The summed E-state index contributed by atoms with van der Waals surface area (Å²) in [6.45, 7) is 12.4. The van der Waals surface area contributed by atoms with Gasteiger partial charge in [-0.3, -0.25) is 4.79 Å². The lowest BCUT2D eigenvalue weighted by Crippen LogP contribution is -2.53. The van der Waals surface area contributed by atoms with E-state index in [9.17, 15) is 4.79 Å². The molecule has 1 rings (SSSR count). The number of piperidine rings is 1. The van der Waals surface area contributed by atoms with E-state index in [4.69, 9.17) is 4.74 Å². The second kappa shape index (κ2) is 4.97. The highest BCUT2D eigenvalue weighted by atomic mass is 16.6. The predicted octanol–water partition coefficient (Wildman–Crippen LogP) is 2.88. The van der Waals surface area contributed by atoms with Crippen molar-refractivity contribution in [3.63, 3.8) is 0 Å². The predicted molar refractivity (Wildman–Crippen MR) is 69.9 cm³/mol. The molecule has 3 heteroatoms. The summed E-state index contributed by atoms with van der Waals surface area (Å²) >= 11 is 0. The van der Waals surface area contributed by atoms with Crippen molar-refractivity contribution in [2.24, 2.45) is 5.41 Å². The van der Waals surface area contributed by atoms with Crippen LogP contribution in [-0.4, -0.2) is 23.7 Å². The first-order chi connectivity index (χ1) is 7.59. The van der Waals surface area contributed by atoms with Crippen molar-refractivity contribution in [2.75, 3.05) is 0 Å². The molecule has 3 nitrogen and oxygen atoms in total. The number of hydrogen-bond donors (Lipinski definition) is 1. The fourth-order valence-corrected chi connectivity index (χ4v) is 2.18. The third kappa shape index (κ3) is 4.66. The van der Waals surface area contributed by atoms with E-state index < -0.39 is 5.60 Å². The van der Waals surface area contributed by atoms with Gasteiger partial charge in [0, 0.05) is 6.04 Å². The van der Waals surface area contributed by atoms with E-state index in [0.29, 0.717) is 6.04 Å². The largest absolute Gasteiger partial charge is 0.459 e. The second-order valence-corrected chi connectivity index (χ2v) is 7.10. The van der Waals surface area contributed by atoms with Crippen LogP contribution >= 0.6 is 0 Å². The summed E-state index contributed by atoms with van der Waals surface area (Å²) in [6.07, 6.45) is 3.13. The fraction of sp³-hybridized carbons (Fsp3) is 0.929. The lowest BCUT2D eigenvalue weighted by molar-refractivity contribution is -0.158. The van der Waals surface area contributed by atoms with Gasteiger partial charge in [-0.15, -0.1) is 0 Å². The second-order valence-electron chi connectivity index (χ2n) is 7.10. The van der Waals surface area contributed by atoms with Gasteiger partial charge in [0.2, 0.25) is 0 Å². The number of hydrogen-bond acceptors (Lipinski definition) is 3. The normalized spacial score (nSPS) is 26.7. The van der Waals surface area contributed by atoms with Gasteiger partial charge >= 0.3 is 5.97 Å². The van der Waals surface area contributed by atoms with E-state index in [0.717, 1.165) is 19.3 Å². The summed E-state index contributed by atoms with van der Waals surface area (Å²) < 4.78 is 5.44. The van der Waals surface area contributed by atoms with Crippen LogP contribution in [0.4, 0.5) is 0 Å². The Kier molecular flexibility index (Phi) is 4.23. The Hall–Kier alpha value is -0.570. The fourth-order valence-electron chi connectivity index (χ4n) is 2.18. The summed E-state index contributed by atoms with van der Waals surface area (Å²) in [4.78, 5) is 12.0. The smallest absolute Gasteiger partial charge is 0.323 e. The zero-order valence-corrected chi connectivity index (χ0v) is 12.1. The SMILES string of the molecule is CC(C)(C)OC(=O)C1CCCC(C(C)(C)C)N1. The van der Waals surface area contributed by atoms with E-state index in [1.807, 2.05) is 20.8 Å². The van der Waals surface area contributed by atoms with Crippen LogP contribution in [-0.2, 0) is 9.53 Å². The van der Waals surface area contributed by atoms with Crippen LogP contribution < -0.4 is 5.32 Å². The number of carbonyl (C=O) groups is 1. The van der Waals surface area contributed by atoms with E-state index in [1.165, 1.54) is 0 Å². The maximum Gasteiger partial charge on any atom is 0.323 e. The summed E-state index contributed by atoms with van der Waals surface area (Å²) in [6, 6.07) is 0.265. The summed E-state index contributed by atoms with van der Waals surface area (Å²) in [5.74, 6) is -0.105. The first-order valence-electron chi connectivity index (χ1n) is 6.58. The molecule has 2 atom stereocenters. The van der Waals surface area contributed by atoms with Crippen LogP contribution in [0.5, 0.6) is 0 Å². The number of carbonyl (C=O) groups excluding carboxylic acids is 1. The van der Waals surface area contributed by atoms with Crippen molar-refractivity contribution in [2.45, 2.75) is 78.5 Å². The topological polar surface area (TPSA) is 38.3 Å². The van der Waals surface area contributed by atoms with Crippen LogP contribution in [0.3, 0.4) is 0 Å². The zero-order valence-electron chi connectivity index (χ0n) is 12.1. The van der Waals surface area contributed by atoms with Crippen molar-refractivity contribution in [1.29, 1.82) is 0 Å². The van der Waals surface area contributed by atoms with Crippen molar-refractivity contribution >= 4 is 5.97 Å². The van der Waals surface area contributed by atoms with Crippen LogP contribution in [0.15, 0.2) is 0 Å². The van der Waals surface area contributed by atoms with Gasteiger partial charge in [-0.05, 0) is 45.4 Å². The van der Waals surface area contributed by atoms with Crippen molar-refractivity contribution in [1.82, 2.24) is 5.32 Å². The maximum atomic E-state index is 12.0. The highest BCUT2D eigenvalue weighted by Gasteiger charge is 2.34. The number of rotatable bonds is 1. The van der Waals surface area contributed by atoms with Gasteiger partial charge in [0.25, 0.3) is 0 Å². The minimum absolute atomic E-state index is 0.105. The molecule has 2 unspecified atom stereocenters. The summed E-state index contributed by atoms with van der Waals surface area (Å²) in [7, 11) is 0. The number of esters is 1. The van der Waals surface area contributed by atoms with Gasteiger partial charge in [0.05, 0.1) is 0 Å². The van der Waals surface area contributed by atoms with Crippen molar-refractivity contribution < 1.29 is 9.53 Å². The highest BCUT2D eigenvalue weighted by Crippen LogP contribution is 2.28. The van der Waals surface area contributed by atoms with Crippen LogP contribution in [0, 0.1) is 5.41 Å². The van der Waals surface area contributed by atoms with Crippen molar-refractivity contribution in [3.05, 3.63) is 0 Å². The van der Waals surface area contributed by atoms with Gasteiger partial charge in [0.1, 0.15) is 11.6 Å². The van der Waals surface area contributed by atoms with E-state index >= 15 is 0 Å². The molecule has 1 N–H and O–H groups in total. The molecule has 0 spiro atoms. The first kappa shape index (κ1) is 14.5. The molecule has 1 fully saturated rings. The molecule has 0 radical (unpaired) electrons. The third-order valence-electron chi connectivity index (χ3n) is 3.12. The molecular formula is C14H27NO2. The molecule has 0 aromatic heterocycles. The molecule has 0 aromatic carbocycles. The Morgan fingerprint density at radius 1 is 1.12 bits per heavy atom. The minimum atomic E-state index is -0.395. The lowest BCUT2D eigenvalue weighted by atomic mass is 9.80. The van der Waals surface area contributed by atoms with Gasteiger partial charge in [0.15, 0.2) is 0 Å². The Balaban J connectivity index is 2.58. The molecule has 100 valence electrons. The average Bonchev–Trinajstić information content (AvgIpc) is 2.14. The molecule has 0 aromatic rings. The molecule has 0 bridgehead atoms. The Bertz CT molecular complexity index is 273. The molecular weight excluding hydrogens is 214 g/mol. The van der Waals surface area contributed by atoms with Gasteiger partial charge in [-0.25, -0.2) is 0 Å². The van der Waals surface area contributed by atoms with Gasteiger partial charge in [-0.2, -0.15) is 0 Å². The number of ether oxygens (including phenoxy) is 1. The van der Waals surface area contributed by atoms with Crippen LogP contribution in [0.25, 0.3) is 0 Å². The Labute approximate surface area is 105 Å². The molecule has 17 heavy (non-hydrogen) atoms. The monoisotopic (exact) mass is 241 g/mol. The van der Waals surface area contributed by atoms with Gasteiger partial charge in [-0.1, -0.05) is 20.8 Å². The van der Waals surface area contributed by atoms with Crippen LogP contribution in [0.2, 0.25) is 0 Å². The van der Waals surface area contributed by atoms with E-state index in [1.54, 1.807) is 0 Å². The Morgan fingerprint density at radius 3 is 2.18 bits per heavy atom. The average molecular weight is 241 g/mol. The Morgan fingerprint density at radius 2 is 1.71 bits per heavy atom. The third-order valence-corrected chi connectivity index (χ3v) is 3.12. The molecule has 1 heterocycles. The lowest BCUT2D eigenvalue weighted by Gasteiger charge is -2.38. The van der Waals surface area contributed by atoms with Crippen LogP contribution in [0.1, 0.15) is 60.8 Å². The van der Waals surface area contributed by atoms with Gasteiger partial charge < -0.3 is 10.1 Å². The standard InChI is InChI=1S/C14H27NO2/c1-13(2,3)11-9-7-8-10(15-11)12(16)17-14(4,5)6/h10-11,15H,7-9H2,1-6H3. The molecule has 0 aliphatic carbocycles. The van der Waals surface area contributed by atoms with E-state index in [-0.39, 0.29) is 17.4 Å². The molecule has 1 saturated heterocycles.